The summed E-state index contributed by atoms with van der Waals surface area (Å²) in [6.45, 7) is 2.90. The summed E-state index contributed by atoms with van der Waals surface area (Å²) in [6.07, 6.45) is 24.0. The van der Waals surface area contributed by atoms with E-state index < -0.39 is 12.0 Å². The molecule has 0 aliphatic carbocycles. The fourth-order valence-electron chi connectivity index (χ4n) is 3.74. The maximum absolute atomic E-state index is 11.9. The number of likely N-dealkylation sites (N-methyl/N-ethyl adjacent to an activating group) is 1. The summed E-state index contributed by atoms with van der Waals surface area (Å²) < 4.78 is 0. The number of nitrogens with zero attached hydrogens (tertiary/aromatic N) is 1. The van der Waals surface area contributed by atoms with E-state index in [0.717, 1.165) is 25.7 Å². The standard InChI is InChI=1S/C26H50N2O3/c1-4-5-6-7-8-9-10-11-12-13-14-15-16-17-18-22-25(29)27-23-20-19-21-24(26(30)31)28(2)3/h10-11,24H,4-9,12-23H2,1-3H3,(H,27,29)(H,30,31)/b11-10+/t24-/m0/s1. The van der Waals surface area contributed by atoms with Crippen LogP contribution in [0.3, 0.4) is 0 Å². The van der Waals surface area contributed by atoms with Crippen molar-refractivity contribution in [2.24, 2.45) is 0 Å². The van der Waals surface area contributed by atoms with Crippen molar-refractivity contribution in [1.82, 2.24) is 10.2 Å². The Morgan fingerprint density at radius 2 is 1.35 bits per heavy atom. The average molecular weight is 439 g/mol. The lowest BCUT2D eigenvalue weighted by molar-refractivity contribution is -0.142. The minimum atomic E-state index is -0.779. The highest BCUT2D eigenvalue weighted by atomic mass is 16.4. The van der Waals surface area contributed by atoms with Gasteiger partial charge >= 0.3 is 5.97 Å². The van der Waals surface area contributed by atoms with E-state index >= 15 is 0 Å². The third-order valence-corrected chi connectivity index (χ3v) is 5.80. The van der Waals surface area contributed by atoms with E-state index in [-0.39, 0.29) is 5.91 Å². The van der Waals surface area contributed by atoms with Gasteiger partial charge in [0.05, 0.1) is 0 Å². The number of allylic oxidation sites excluding steroid dienone is 2. The number of amides is 1. The highest BCUT2D eigenvalue weighted by Crippen LogP contribution is 2.10. The van der Waals surface area contributed by atoms with E-state index in [1.54, 1.807) is 19.0 Å². The van der Waals surface area contributed by atoms with Crippen molar-refractivity contribution in [2.45, 2.75) is 122 Å². The van der Waals surface area contributed by atoms with Gasteiger partial charge in [0.25, 0.3) is 0 Å². The number of carboxylic acids is 1. The number of rotatable bonds is 22. The van der Waals surface area contributed by atoms with Gasteiger partial charge < -0.3 is 10.4 Å². The van der Waals surface area contributed by atoms with Gasteiger partial charge in [-0.1, -0.05) is 70.4 Å². The van der Waals surface area contributed by atoms with Crippen molar-refractivity contribution in [3.05, 3.63) is 12.2 Å². The average Bonchev–Trinajstić information content (AvgIpc) is 2.72. The highest BCUT2D eigenvalue weighted by Gasteiger charge is 2.18. The van der Waals surface area contributed by atoms with Crippen LogP contribution >= 0.6 is 0 Å². The summed E-state index contributed by atoms with van der Waals surface area (Å²) in [4.78, 5) is 24.7. The maximum Gasteiger partial charge on any atom is 0.320 e. The van der Waals surface area contributed by atoms with Crippen molar-refractivity contribution in [3.63, 3.8) is 0 Å². The van der Waals surface area contributed by atoms with Crippen molar-refractivity contribution in [3.8, 4) is 0 Å². The van der Waals surface area contributed by atoms with Gasteiger partial charge in [0.2, 0.25) is 5.91 Å². The number of carbonyl (C=O) groups is 2. The molecule has 2 N–H and O–H groups in total. The number of carbonyl (C=O) groups excluding carboxylic acids is 1. The van der Waals surface area contributed by atoms with E-state index in [1.165, 1.54) is 70.6 Å². The van der Waals surface area contributed by atoms with E-state index in [0.29, 0.717) is 19.4 Å². The Morgan fingerprint density at radius 3 is 1.90 bits per heavy atom. The second-order valence-electron chi connectivity index (χ2n) is 9.00. The van der Waals surface area contributed by atoms with Gasteiger partial charge in [-0.25, -0.2) is 0 Å². The first kappa shape index (κ1) is 29.6. The summed E-state index contributed by atoms with van der Waals surface area (Å²) in [5.74, 6) is -0.652. The van der Waals surface area contributed by atoms with Crippen LogP contribution in [0.15, 0.2) is 12.2 Å². The van der Waals surface area contributed by atoms with E-state index in [1.807, 2.05) is 0 Å². The first-order valence-corrected chi connectivity index (χ1v) is 12.8. The summed E-state index contributed by atoms with van der Waals surface area (Å²) in [6, 6.07) is -0.438. The third kappa shape index (κ3) is 20.3. The summed E-state index contributed by atoms with van der Waals surface area (Å²) in [5, 5.41) is 12.1. The normalized spacial score (nSPS) is 12.5. The van der Waals surface area contributed by atoms with Crippen LogP contribution in [-0.4, -0.2) is 48.6 Å². The Hall–Kier alpha value is -1.36. The van der Waals surface area contributed by atoms with Crippen LogP contribution in [-0.2, 0) is 9.59 Å². The fraction of sp³-hybridized carbons (Fsp3) is 0.846. The zero-order valence-corrected chi connectivity index (χ0v) is 20.7. The first-order chi connectivity index (χ1) is 15.0. The molecule has 0 rings (SSSR count). The van der Waals surface area contributed by atoms with Gasteiger partial charge in [-0.05, 0) is 65.5 Å². The lowest BCUT2D eigenvalue weighted by Crippen LogP contribution is -2.35. The molecule has 0 aromatic heterocycles. The van der Waals surface area contributed by atoms with Crippen molar-refractivity contribution in [2.75, 3.05) is 20.6 Å². The molecule has 0 bridgehead atoms. The third-order valence-electron chi connectivity index (χ3n) is 5.80. The van der Waals surface area contributed by atoms with Gasteiger partial charge in [-0.3, -0.25) is 14.5 Å². The molecule has 0 saturated heterocycles. The van der Waals surface area contributed by atoms with Gasteiger partial charge in [-0.15, -0.1) is 0 Å². The van der Waals surface area contributed by atoms with E-state index in [4.69, 9.17) is 5.11 Å². The van der Waals surface area contributed by atoms with Crippen LogP contribution in [0.2, 0.25) is 0 Å². The molecule has 5 nitrogen and oxygen atoms in total. The Labute approximate surface area is 192 Å². The zero-order valence-electron chi connectivity index (χ0n) is 20.7. The minimum absolute atomic E-state index is 0.127. The SMILES string of the molecule is CCCCCCC/C=C/CCCCCCCCC(=O)NCCCC[C@@H](C(=O)O)N(C)C. The van der Waals surface area contributed by atoms with Gasteiger partial charge in [0, 0.05) is 13.0 Å². The second-order valence-corrected chi connectivity index (χ2v) is 9.00. The van der Waals surface area contributed by atoms with Crippen LogP contribution < -0.4 is 5.32 Å². The summed E-state index contributed by atoms with van der Waals surface area (Å²) in [7, 11) is 3.57. The van der Waals surface area contributed by atoms with Crippen molar-refractivity contribution < 1.29 is 14.7 Å². The highest BCUT2D eigenvalue weighted by molar-refractivity contribution is 5.75. The van der Waals surface area contributed by atoms with Crippen molar-refractivity contribution in [1.29, 1.82) is 0 Å². The Balaban J connectivity index is 3.38. The number of unbranched alkanes of at least 4 members (excludes halogenated alkanes) is 12. The van der Waals surface area contributed by atoms with Gasteiger partial charge in [0.15, 0.2) is 0 Å². The largest absolute Gasteiger partial charge is 0.480 e. The topological polar surface area (TPSA) is 69.6 Å². The van der Waals surface area contributed by atoms with Crippen LogP contribution in [0.25, 0.3) is 0 Å². The molecule has 0 fully saturated rings. The van der Waals surface area contributed by atoms with Crippen molar-refractivity contribution >= 4 is 11.9 Å². The molecule has 0 heterocycles. The molecule has 1 atom stereocenters. The molecule has 0 saturated carbocycles. The van der Waals surface area contributed by atoms with Crippen LogP contribution in [0.1, 0.15) is 116 Å². The minimum Gasteiger partial charge on any atom is -0.480 e. The molecule has 5 heteroatoms. The van der Waals surface area contributed by atoms with Gasteiger partial charge in [-0.2, -0.15) is 0 Å². The molecule has 31 heavy (non-hydrogen) atoms. The molecular weight excluding hydrogens is 388 g/mol. The number of aliphatic carboxylic acids is 1. The number of hydrogen-bond donors (Lipinski definition) is 2. The van der Waals surface area contributed by atoms with Gasteiger partial charge in [0.1, 0.15) is 6.04 Å². The Morgan fingerprint density at radius 1 is 0.806 bits per heavy atom. The molecular formula is C26H50N2O3. The second kappa shape index (κ2) is 21.9. The zero-order chi connectivity index (χ0) is 23.2. The maximum atomic E-state index is 11.9. The lowest BCUT2D eigenvalue weighted by Gasteiger charge is -2.19. The molecule has 0 aliphatic heterocycles. The molecule has 182 valence electrons. The number of hydrogen-bond acceptors (Lipinski definition) is 3. The Kier molecular flexibility index (Phi) is 20.9. The molecule has 0 aliphatic rings. The smallest absolute Gasteiger partial charge is 0.320 e. The summed E-state index contributed by atoms with van der Waals surface area (Å²) in [5.41, 5.74) is 0. The van der Waals surface area contributed by atoms with E-state index in [2.05, 4.69) is 24.4 Å². The molecule has 1 amide bonds. The lowest BCUT2D eigenvalue weighted by atomic mass is 10.1. The number of carboxylic acid groups (broad SMARTS) is 1. The van der Waals surface area contributed by atoms with E-state index in [9.17, 15) is 9.59 Å². The molecule has 0 spiro atoms. The summed E-state index contributed by atoms with van der Waals surface area (Å²) >= 11 is 0. The monoisotopic (exact) mass is 438 g/mol. The molecule has 0 aromatic rings. The molecule has 0 aromatic carbocycles. The van der Waals surface area contributed by atoms with Crippen LogP contribution in [0.4, 0.5) is 0 Å². The number of nitrogens with one attached hydrogen (secondary N) is 1. The van der Waals surface area contributed by atoms with Crippen LogP contribution in [0.5, 0.6) is 0 Å². The molecule has 0 unspecified atom stereocenters. The first-order valence-electron chi connectivity index (χ1n) is 12.8. The quantitative estimate of drug-likeness (QED) is 0.153. The molecule has 0 radical (unpaired) electrons. The predicted octanol–water partition coefficient (Wildman–Crippen LogP) is 6.33. The predicted molar refractivity (Wildman–Crippen MR) is 131 cm³/mol. The Bertz CT molecular complexity index is 464. The fourth-order valence-corrected chi connectivity index (χ4v) is 3.74. The van der Waals surface area contributed by atoms with Crippen LogP contribution in [0, 0.1) is 0 Å².